The minimum absolute atomic E-state index is 0.0795. The molecule has 1 amide bonds. The topological polar surface area (TPSA) is 92.3 Å². The SMILES string of the molecule is CC(=O)c1cccc(NC(=O)c2ccc(NS(=O)(=O)c3ccc(C)cc3)c(Cl)c2)c1. The van der Waals surface area contributed by atoms with Crippen molar-refractivity contribution in [1.29, 1.82) is 0 Å². The van der Waals surface area contributed by atoms with Crippen molar-refractivity contribution in [3.63, 3.8) is 0 Å². The van der Waals surface area contributed by atoms with Crippen LogP contribution in [0.4, 0.5) is 11.4 Å². The number of rotatable bonds is 6. The Morgan fingerprint density at radius 2 is 1.60 bits per heavy atom. The van der Waals surface area contributed by atoms with Crippen molar-refractivity contribution in [3.05, 3.63) is 88.4 Å². The van der Waals surface area contributed by atoms with Gasteiger partial charge >= 0.3 is 0 Å². The maximum Gasteiger partial charge on any atom is 0.261 e. The summed E-state index contributed by atoms with van der Waals surface area (Å²) in [5.74, 6) is -0.551. The van der Waals surface area contributed by atoms with Crippen LogP contribution < -0.4 is 10.0 Å². The van der Waals surface area contributed by atoms with Gasteiger partial charge in [0.1, 0.15) is 0 Å². The molecule has 0 aromatic heterocycles. The lowest BCUT2D eigenvalue weighted by Gasteiger charge is -2.12. The third-order valence-corrected chi connectivity index (χ3v) is 6.03. The Bertz CT molecular complexity index is 1220. The molecule has 0 radical (unpaired) electrons. The summed E-state index contributed by atoms with van der Waals surface area (Å²) in [6, 6.07) is 17.2. The summed E-state index contributed by atoms with van der Waals surface area (Å²) in [5.41, 5.74) is 2.29. The van der Waals surface area contributed by atoms with Gasteiger partial charge in [-0.1, -0.05) is 41.4 Å². The average molecular weight is 443 g/mol. The lowest BCUT2D eigenvalue weighted by molar-refractivity contribution is 0.101. The molecule has 0 aliphatic carbocycles. The first-order valence-electron chi connectivity index (χ1n) is 8.97. The van der Waals surface area contributed by atoms with E-state index in [0.717, 1.165) is 5.56 Å². The second kappa shape index (κ2) is 8.69. The first-order chi connectivity index (χ1) is 14.2. The zero-order valence-electron chi connectivity index (χ0n) is 16.3. The maximum absolute atomic E-state index is 12.5. The number of Topliss-reactive ketones (excluding diaryl/α,β-unsaturated/α-hetero) is 1. The van der Waals surface area contributed by atoms with E-state index in [-0.39, 0.29) is 27.0 Å². The third-order valence-electron chi connectivity index (χ3n) is 4.33. The lowest BCUT2D eigenvalue weighted by atomic mass is 10.1. The summed E-state index contributed by atoms with van der Waals surface area (Å²) in [6.45, 7) is 3.30. The van der Waals surface area contributed by atoms with Gasteiger partial charge in [-0.25, -0.2) is 8.42 Å². The molecule has 0 fully saturated rings. The molecule has 154 valence electrons. The molecule has 0 saturated heterocycles. The van der Waals surface area contributed by atoms with Gasteiger partial charge in [-0.3, -0.25) is 14.3 Å². The Morgan fingerprint density at radius 3 is 2.23 bits per heavy atom. The first-order valence-corrected chi connectivity index (χ1v) is 10.8. The molecule has 0 spiro atoms. The van der Waals surface area contributed by atoms with Gasteiger partial charge in [0.2, 0.25) is 0 Å². The summed E-state index contributed by atoms with van der Waals surface area (Å²) in [4.78, 5) is 24.1. The number of carbonyl (C=O) groups excluding carboxylic acids is 2. The van der Waals surface area contributed by atoms with Crippen molar-refractivity contribution in [2.24, 2.45) is 0 Å². The predicted octanol–water partition coefficient (Wildman–Crippen LogP) is 4.90. The fourth-order valence-corrected chi connectivity index (χ4v) is 4.04. The second-order valence-electron chi connectivity index (χ2n) is 6.70. The van der Waals surface area contributed by atoms with E-state index in [1.54, 1.807) is 36.4 Å². The molecule has 6 nitrogen and oxygen atoms in total. The van der Waals surface area contributed by atoms with E-state index in [9.17, 15) is 18.0 Å². The summed E-state index contributed by atoms with van der Waals surface area (Å²) >= 11 is 6.21. The number of sulfonamides is 1. The summed E-state index contributed by atoms with van der Waals surface area (Å²) in [7, 11) is -3.81. The number of halogens is 1. The van der Waals surface area contributed by atoms with Crippen molar-refractivity contribution in [3.8, 4) is 0 Å². The van der Waals surface area contributed by atoms with Crippen LogP contribution in [0.2, 0.25) is 5.02 Å². The lowest BCUT2D eigenvalue weighted by Crippen LogP contribution is -2.15. The van der Waals surface area contributed by atoms with Crippen LogP contribution in [0.25, 0.3) is 0 Å². The van der Waals surface area contributed by atoms with Crippen molar-refractivity contribution < 1.29 is 18.0 Å². The largest absolute Gasteiger partial charge is 0.322 e. The Hall–Kier alpha value is -3.16. The van der Waals surface area contributed by atoms with Gasteiger partial charge in [0.25, 0.3) is 15.9 Å². The molecule has 2 N–H and O–H groups in total. The van der Waals surface area contributed by atoms with Crippen LogP contribution in [0, 0.1) is 6.92 Å². The quantitative estimate of drug-likeness (QED) is 0.531. The molecule has 3 aromatic rings. The average Bonchev–Trinajstić information content (AvgIpc) is 2.70. The van der Waals surface area contributed by atoms with E-state index in [2.05, 4.69) is 10.0 Å². The van der Waals surface area contributed by atoms with Crippen molar-refractivity contribution >= 4 is 44.7 Å². The van der Waals surface area contributed by atoms with Crippen molar-refractivity contribution in [2.75, 3.05) is 10.0 Å². The van der Waals surface area contributed by atoms with Crippen LogP contribution >= 0.6 is 11.6 Å². The van der Waals surface area contributed by atoms with Gasteiger partial charge < -0.3 is 5.32 Å². The van der Waals surface area contributed by atoms with Crippen LogP contribution in [-0.2, 0) is 10.0 Å². The predicted molar refractivity (Wildman–Crippen MR) is 118 cm³/mol. The highest BCUT2D eigenvalue weighted by molar-refractivity contribution is 7.92. The maximum atomic E-state index is 12.5. The molecular weight excluding hydrogens is 424 g/mol. The van der Waals surface area contributed by atoms with Crippen LogP contribution in [0.15, 0.2) is 71.6 Å². The molecule has 30 heavy (non-hydrogen) atoms. The van der Waals surface area contributed by atoms with Crippen LogP contribution in [0.1, 0.15) is 33.2 Å². The number of benzene rings is 3. The third kappa shape index (κ3) is 5.06. The normalized spacial score (nSPS) is 11.0. The van der Waals surface area contributed by atoms with Gasteiger partial charge in [-0.05, 0) is 56.3 Å². The molecule has 0 heterocycles. The highest BCUT2D eigenvalue weighted by atomic mass is 35.5. The number of carbonyl (C=O) groups is 2. The highest BCUT2D eigenvalue weighted by Gasteiger charge is 2.17. The number of ketones is 1. The van der Waals surface area contributed by atoms with E-state index >= 15 is 0 Å². The van der Waals surface area contributed by atoms with Crippen LogP contribution in [0.3, 0.4) is 0 Å². The number of amides is 1. The van der Waals surface area contributed by atoms with E-state index in [0.29, 0.717) is 11.3 Å². The number of hydrogen-bond acceptors (Lipinski definition) is 4. The molecule has 3 rings (SSSR count). The smallest absolute Gasteiger partial charge is 0.261 e. The molecule has 0 bridgehead atoms. The Balaban J connectivity index is 1.78. The van der Waals surface area contributed by atoms with Gasteiger partial charge in [-0.15, -0.1) is 0 Å². The molecule has 0 aliphatic heterocycles. The summed E-state index contributed by atoms with van der Waals surface area (Å²) in [5, 5.41) is 2.77. The fourth-order valence-electron chi connectivity index (χ4n) is 2.68. The minimum atomic E-state index is -3.81. The van der Waals surface area contributed by atoms with Crippen LogP contribution in [-0.4, -0.2) is 20.1 Å². The van der Waals surface area contributed by atoms with E-state index in [1.807, 2.05) is 6.92 Å². The van der Waals surface area contributed by atoms with Gasteiger partial charge in [0.05, 0.1) is 15.6 Å². The molecule has 0 saturated carbocycles. The van der Waals surface area contributed by atoms with E-state index in [4.69, 9.17) is 11.6 Å². The zero-order valence-corrected chi connectivity index (χ0v) is 17.8. The first kappa shape index (κ1) is 21.5. The van der Waals surface area contributed by atoms with Crippen LogP contribution in [0.5, 0.6) is 0 Å². The summed E-state index contributed by atoms with van der Waals surface area (Å²) in [6.07, 6.45) is 0. The molecular formula is C22H19ClN2O4S. The van der Waals surface area contributed by atoms with E-state index in [1.165, 1.54) is 37.3 Å². The molecule has 0 atom stereocenters. The van der Waals surface area contributed by atoms with Gasteiger partial charge in [0, 0.05) is 16.8 Å². The number of nitrogens with one attached hydrogen (secondary N) is 2. The summed E-state index contributed by atoms with van der Waals surface area (Å²) < 4.78 is 27.5. The minimum Gasteiger partial charge on any atom is -0.322 e. The van der Waals surface area contributed by atoms with Crippen molar-refractivity contribution in [2.45, 2.75) is 18.7 Å². The Morgan fingerprint density at radius 1 is 0.900 bits per heavy atom. The van der Waals surface area contributed by atoms with E-state index < -0.39 is 15.9 Å². The monoisotopic (exact) mass is 442 g/mol. The number of aryl methyl sites for hydroxylation is 1. The van der Waals surface area contributed by atoms with Gasteiger partial charge in [0.15, 0.2) is 5.78 Å². The fraction of sp³-hybridized carbons (Fsp3) is 0.0909. The zero-order chi connectivity index (χ0) is 21.9. The highest BCUT2D eigenvalue weighted by Crippen LogP contribution is 2.26. The van der Waals surface area contributed by atoms with Gasteiger partial charge in [-0.2, -0.15) is 0 Å². The Kier molecular flexibility index (Phi) is 6.24. The second-order valence-corrected chi connectivity index (χ2v) is 8.79. The molecule has 8 heteroatoms. The Labute approximate surface area is 179 Å². The molecule has 3 aromatic carbocycles. The standard InChI is InChI=1S/C22H19ClN2O4S/c1-14-6-9-19(10-7-14)30(28,29)25-21-11-8-17(13-20(21)23)22(27)24-18-5-3-4-16(12-18)15(2)26/h3-13,25H,1-2H3,(H,24,27). The molecule has 0 aliphatic rings. The number of hydrogen-bond donors (Lipinski definition) is 2. The van der Waals surface area contributed by atoms with Crippen molar-refractivity contribution in [1.82, 2.24) is 0 Å². The number of anilines is 2. The molecule has 0 unspecified atom stereocenters.